The van der Waals surface area contributed by atoms with Gasteiger partial charge < -0.3 is 10.5 Å². The molecule has 3 aromatic rings. The maximum atomic E-state index is 12.9. The molecule has 0 saturated heterocycles. The van der Waals surface area contributed by atoms with Crippen molar-refractivity contribution < 1.29 is 14.3 Å². The van der Waals surface area contributed by atoms with Crippen molar-refractivity contribution in [3.8, 4) is 5.75 Å². The summed E-state index contributed by atoms with van der Waals surface area (Å²) < 4.78 is 5.37. The molecule has 27 heavy (non-hydrogen) atoms. The molecule has 136 valence electrons. The van der Waals surface area contributed by atoms with Gasteiger partial charge in [0.05, 0.1) is 0 Å². The molecule has 0 aliphatic heterocycles. The van der Waals surface area contributed by atoms with E-state index in [1.807, 2.05) is 36.4 Å². The molecule has 0 aliphatic rings. The zero-order chi connectivity index (χ0) is 19.1. The van der Waals surface area contributed by atoms with E-state index in [0.717, 1.165) is 10.5 Å². The van der Waals surface area contributed by atoms with Crippen LogP contribution in [0.1, 0.15) is 15.9 Å². The van der Waals surface area contributed by atoms with Gasteiger partial charge in [0.1, 0.15) is 5.75 Å². The van der Waals surface area contributed by atoms with Gasteiger partial charge in [0, 0.05) is 17.8 Å². The molecule has 0 heterocycles. The van der Waals surface area contributed by atoms with Gasteiger partial charge in [-0.2, -0.15) is 0 Å². The third-order valence-electron chi connectivity index (χ3n) is 4.04. The second-order valence-corrected chi connectivity index (χ2v) is 6.00. The number of hydrogen-bond donors (Lipinski definition) is 1. The lowest BCUT2D eigenvalue weighted by Gasteiger charge is -2.20. The molecule has 0 unspecified atom stereocenters. The number of benzene rings is 3. The van der Waals surface area contributed by atoms with E-state index < -0.39 is 12.0 Å². The van der Waals surface area contributed by atoms with Crippen LogP contribution in [0.2, 0.25) is 0 Å². The minimum absolute atomic E-state index is 0.207. The van der Waals surface area contributed by atoms with Gasteiger partial charge in [0.15, 0.2) is 0 Å². The molecule has 0 atom stereocenters. The number of nitrogens with two attached hydrogens (primary N) is 1. The molecular formula is C22H20N2O3. The van der Waals surface area contributed by atoms with Crippen LogP contribution in [-0.2, 0) is 6.42 Å². The number of ether oxygens (including phenoxy) is 1. The van der Waals surface area contributed by atoms with Crippen LogP contribution in [0.3, 0.4) is 0 Å². The van der Waals surface area contributed by atoms with Crippen molar-refractivity contribution in [1.82, 2.24) is 4.90 Å². The fourth-order valence-electron chi connectivity index (χ4n) is 2.59. The van der Waals surface area contributed by atoms with Crippen LogP contribution < -0.4 is 10.5 Å². The first-order chi connectivity index (χ1) is 13.1. The Morgan fingerprint density at radius 2 is 1.41 bits per heavy atom. The van der Waals surface area contributed by atoms with Gasteiger partial charge >= 0.3 is 6.09 Å². The molecule has 0 fully saturated rings. The van der Waals surface area contributed by atoms with Crippen molar-refractivity contribution >= 4 is 17.7 Å². The lowest BCUT2D eigenvalue weighted by molar-refractivity contribution is 0.0754. The van der Waals surface area contributed by atoms with Gasteiger partial charge in [-0.15, -0.1) is 0 Å². The average Bonchev–Trinajstić information content (AvgIpc) is 2.70. The molecular weight excluding hydrogens is 340 g/mol. The van der Waals surface area contributed by atoms with Crippen molar-refractivity contribution in [3.63, 3.8) is 0 Å². The Morgan fingerprint density at radius 1 is 0.815 bits per heavy atom. The normalized spacial score (nSPS) is 10.2. The fourth-order valence-corrected chi connectivity index (χ4v) is 2.59. The Hall–Kier alpha value is -3.60. The van der Waals surface area contributed by atoms with E-state index in [1.165, 1.54) is 0 Å². The van der Waals surface area contributed by atoms with Crippen LogP contribution in [0.25, 0.3) is 0 Å². The zero-order valence-electron chi connectivity index (χ0n) is 14.7. The lowest BCUT2D eigenvalue weighted by Crippen LogP contribution is -2.40. The van der Waals surface area contributed by atoms with Crippen molar-refractivity contribution in [2.45, 2.75) is 6.42 Å². The van der Waals surface area contributed by atoms with Crippen molar-refractivity contribution in [2.24, 2.45) is 0 Å². The fraction of sp³-hybridized carbons (Fsp3) is 0.0909. The monoisotopic (exact) mass is 360 g/mol. The number of carbonyl (C=O) groups excluding carboxylic acids is 2. The number of rotatable bonds is 5. The van der Waals surface area contributed by atoms with Crippen LogP contribution >= 0.6 is 0 Å². The Kier molecular flexibility index (Phi) is 5.84. The smallest absolute Gasteiger partial charge is 0.410 e. The minimum atomic E-state index is -0.709. The maximum absolute atomic E-state index is 12.9. The van der Waals surface area contributed by atoms with E-state index in [4.69, 9.17) is 10.5 Å². The number of para-hydroxylation sites is 1. The van der Waals surface area contributed by atoms with E-state index in [-0.39, 0.29) is 6.54 Å². The van der Waals surface area contributed by atoms with Gasteiger partial charge in [0.25, 0.3) is 5.91 Å². The summed E-state index contributed by atoms with van der Waals surface area (Å²) in [6.07, 6.45) is -0.176. The van der Waals surface area contributed by atoms with Gasteiger partial charge in [-0.1, -0.05) is 48.5 Å². The molecule has 2 N–H and O–H groups in total. The van der Waals surface area contributed by atoms with E-state index in [2.05, 4.69) is 0 Å². The van der Waals surface area contributed by atoms with Crippen LogP contribution in [-0.4, -0.2) is 23.4 Å². The molecule has 5 heteroatoms. The second-order valence-electron chi connectivity index (χ2n) is 6.00. The second kappa shape index (κ2) is 8.67. The Bertz CT molecular complexity index is 894. The molecule has 3 rings (SSSR count). The summed E-state index contributed by atoms with van der Waals surface area (Å²) in [5, 5.41) is 0. The molecule has 3 aromatic carbocycles. The molecule has 2 amide bonds. The van der Waals surface area contributed by atoms with Crippen LogP contribution in [0.15, 0.2) is 84.9 Å². The molecule has 0 aromatic heterocycles. The summed E-state index contributed by atoms with van der Waals surface area (Å²) in [6, 6.07) is 24.8. The summed E-state index contributed by atoms with van der Waals surface area (Å²) in [6.45, 7) is 0.207. The highest BCUT2D eigenvalue weighted by molar-refractivity contribution is 6.03. The van der Waals surface area contributed by atoms with Crippen molar-refractivity contribution in [1.29, 1.82) is 0 Å². The molecule has 5 nitrogen and oxygen atoms in total. The largest absolute Gasteiger partial charge is 0.422 e. The topological polar surface area (TPSA) is 72.6 Å². The van der Waals surface area contributed by atoms with Crippen LogP contribution in [0.4, 0.5) is 10.5 Å². The predicted molar refractivity (Wildman–Crippen MR) is 105 cm³/mol. The number of nitrogens with zero attached hydrogens (tertiary/aromatic N) is 1. The van der Waals surface area contributed by atoms with E-state index in [1.54, 1.807) is 48.5 Å². The predicted octanol–water partition coefficient (Wildman–Crippen LogP) is 4.15. The van der Waals surface area contributed by atoms with Gasteiger partial charge in [-0.3, -0.25) is 4.79 Å². The summed E-state index contributed by atoms with van der Waals surface area (Å²) in [4.78, 5) is 26.7. The number of anilines is 1. The summed E-state index contributed by atoms with van der Waals surface area (Å²) in [7, 11) is 0. The first kappa shape index (κ1) is 18.2. The Morgan fingerprint density at radius 3 is 2.04 bits per heavy atom. The zero-order valence-corrected chi connectivity index (χ0v) is 14.7. The highest BCUT2D eigenvalue weighted by atomic mass is 16.6. The minimum Gasteiger partial charge on any atom is -0.410 e. The molecule has 0 spiro atoms. The number of carbonyl (C=O) groups is 2. The quantitative estimate of drug-likeness (QED) is 0.694. The molecule has 0 saturated carbocycles. The summed E-state index contributed by atoms with van der Waals surface area (Å²) >= 11 is 0. The molecule has 0 bridgehead atoms. The Balaban J connectivity index is 1.79. The van der Waals surface area contributed by atoms with Gasteiger partial charge in [-0.05, 0) is 48.4 Å². The molecule has 0 radical (unpaired) electrons. The summed E-state index contributed by atoms with van der Waals surface area (Å²) in [5.41, 5.74) is 7.64. The first-order valence-corrected chi connectivity index (χ1v) is 8.61. The SMILES string of the molecule is Nc1ccc(C(=O)N(CCc2ccccc2)C(=O)Oc2ccccc2)cc1. The van der Waals surface area contributed by atoms with Crippen molar-refractivity contribution in [2.75, 3.05) is 12.3 Å². The first-order valence-electron chi connectivity index (χ1n) is 8.61. The highest BCUT2D eigenvalue weighted by Crippen LogP contribution is 2.14. The maximum Gasteiger partial charge on any atom is 0.422 e. The highest BCUT2D eigenvalue weighted by Gasteiger charge is 2.24. The summed E-state index contributed by atoms with van der Waals surface area (Å²) in [5.74, 6) is -0.0378. The van der Waals surface area contributed by atoms with E-state index in [9.17, 15) is 9.59 Å². The van der Waals surface area contributed by atoms with Gasteiger partial charge in [-0.25, -0.2) is 9.69 Å². The van der Waals surface area contributed by atoms with Crippen LogP contribution in [0, 0.1) is 0 Å². The Labute approximate surface area is 158 Å². The van der Waals surface area contributed by atoms with Gasteiger partial charge in [0.2, 0.25) is 0 Å². The van der Waals surface area contributed by atoms with Crippen LogP contribution in [0.5, 0.6) is 5.75 Å². The number of imide groups is 1. The van der Waals surface area contributed by atoms with E-state index >= 15 is 0 Å². The number of hydrogen-bond acceptors (Lipinski definition) is 4. The number of nitrogen functional groups attached to an aromatic ring is 1. The van der Waals surface area contributed by atoms with Crippen molar-refractivity contribution in [3.05, 3.63) is 96.1 Å². The number of amides is 2. The average molecular weight is 360 g/mol. The lowest BCUT2D eigenvalue weighted by atomic mass is 10.1. The third kappa shape index (κ3) is 4.95. The van der Waals surface area contributed by atoms with E-state index in [0.29, 0.717) is 23.4 Å². The molecule has 0 aliphatic carbocycles. The standard InChI is InChI=1S/C22H20N2O3/c23-19-13-11-18(12-14-19)21(25)24(16-15-17-7-3-1-4-8-17)22(26)27-20-9-5-2-6-10-20/h1-14H,15-16,23H2. The third-order valence-corrected chi connectivity index (χ3v) is 4.04.